The number of anilines is 1. The summed E-state index contributed by atoms with van der Waals surface area (Å²) >= 11 is 1.35. The van der Waals surface area contributed by atoms with Crippen LogP contribution in [0.4, 0.5) is 5.69 Å². The molecule has 0 aromatic heterocycles. The zero-order valence-corrected chi connectivity index (χ0v) is 13.2. The average molecular weight is 309 g/mol. The zero-order valence-electron chi connectivity index (χ0n) is 12.3. The van der Waals surface area contributed by atoms with Gasteiger partial charge in [-0.25, -0.2) is 0 Å². The molecule has 0 aliphatic carbocycles. The van der Waals surface area contributed by atoms with Gasteiger partial charge in [0.25, 0.3) is 0 Å². The van der Waals surface area contributed by atoms with Crippen LogP contribution in [-0.4, -0.2) is 36.3 Å². The summed E-state index contributed by atoms with van der Waals surface area (Å²) in [7, 11) is 1.34. The Balaban J connectivity index is 2.48. The van der Waals surface area contributed by atoms with Gasteiger partial charge < -0.3 is 10.1 Å². The molecule has 0 spiro atoms. The lowest BCUT2D eigenvalue weighted by Crippen LogP contribution is -2.19. The molecule has 6 heteroatoms. The van der Waals surface area contributed by atoms with Crippen molar-refractivity contribution in [2.45, 2.75) is 13.8 Å². The van der Waals surface area contributed by atoms with Crippen LogP contribution in [0, 0.1) is 5.92 Å². The lowest BCUT2D eigenvalue weighted by Gasteiger charge is -2.10. The van der Waals surface area contributed by atoms with Gasteiger partial charge in [0.05, 0.1) is 24.5 Å². The molecule has 0 saturated heterocycles. The number of nitrogens with one attached hydrogen (secondary N) is 1. The van der Waals surface area contributed by atoms with Crippen molar-refractivity contribution in [1.82, 2.24) is 0 Å². The van der Waals surface area contributed by atoms with Gasteiger partial charge in [-0.2, -0.15) is 11.8 Å². The molecule has 1 atom stereocenters. The first-order valence-corrected chi connectivity index (χ1v) is 7.66. The Bertz CT molecular complexity index is 530. The quantitative estimate of drug-likeness (QED) is 0.618. The summed E-state index contributed by atoms with van der Waals surface area (Å²) in [6, 6.07) is 6.87. The van der Waals surface area contributed by atoms with E-state index < -0.39 is 0 Å². The van der Waals surface area contributed by atoms with E-state index in [4.69, 9.17) is 0 Å². The van der Waals surface area contributed by atoms with Crippen molar-refractivity contribution in [2.75, 3.05) is 23.9 Å². The first-order valence-electron chi connectivity index (χ1n) is 6.51. The van der Waals surface area contributed by atoms with Gasteiger partial charge in [-0.1, -0.05) is 19.1 Å². The summed E-state index contributed by atoms with van der Waals surface area (Å²) in [6.07, 6.45) is 0. The Morgan fingerprint density at radius 3 is 2.57 bits per heavy atom. The summed E-state index contributed by atoms with van der Waals surface area (Å²) in [6.45, 7) is 3.21. The number of para-hydroxylation sites is 1. The van der Waals surface area contributed by atoms with E-state index in [9.17, 15) is 14.4 Å². The molecule has 0 aliphatic heterocycles. The number of methoxy groups -OCH3 is 1. The van der Waals surface area contributed by atoms with Crippen LogP contribution in [0.5, 0.6) is 0 Å². The minimum absolute atomic E-state index is 0.0992. The normalized spacial score (nSPS) is 11.6. The smallest absolute Gasteiger partial charge is 0.309 e. The molecule has 21 heavy (non-hydrogen) atoms. The highest BCUT2D eigenvalue weighted by Gasteiger charge is 2.14. The van der Waals surface area contributed by atoms with Crippen molar-refractivity contribution in [3.05, 3.63) is 29.8 Å². The molecule has 5 nitrogen and oxygen atoms in total. The number of carbonyl (C=O) groups excluding carboxylic acids is 3. The summed E-state index contributed by atoms with van der Waals surface area (Å²) in [4.78, 5) is 34.5. The molecule has 1 aromatic carbocycles. The highest BCUT2D eigenvalue weighted by atomic mass is 32.2. The van der Waals surface area contributed by atoms with Crippen molar-refractivity contribution in [2.24, 2.45) is 5.92 Å². The molecule has 1 aromatic rings. The molecular weight excluding hydrogens is 290 g/mol. The van der Waals surface area contributed by atoms with E-state index in [2.05, 4.69) is 10.1 Å². The Morgan fingerprint density at radius 2 is 1.95 bits per heavy atom. The predicted octanol–water partition coefficient (Wildman–Crippen LogP) is 2.37. The number of Topliss-reactive ketones (excluding diaryl/α,β-unsaturated/α-hetero) is 1. The van der Waals surface area contributed by atoms with Crippen LogP contribution in [0.1, 0.15) is 24.2 Å². The number of hydrogen-bond donors (Lipinski definition) is 1. The van der Waals surface area contributed by atoms with E-state index in [1.54, 1.807) is 31.2 Å². The Labute approximate surface area is 128 Å². The third kappa shape index (κ3) is 5.59. The van der Waals surface area contributed by atoms with Gasteiger partial charge in [0.2, 0.25) is 5.91 Å². The fourth-order valence-electron chi connectivity index (χ4n) is 1.68. The second kappa shape index (κ2) is 8.46. The monoisotopic (exact) mass is 309 g/mol. The maximum atomic E-state index is 11.8. The van der Waals surface area contributed by atoms with Gasteiger partial charge in [0.15, 0.2) is 5.78 Å². The standard InChI is InChI=1S/C15H19NO4S/c1-10(15(19)20-3)8-21-9-14(18)16-13-7-5-4-6-12(13)11(2)17/h4-7,10H,8-9H2,1-3H3,(H,16,18). The maximum Gasteiger partial charge on any atom is 0.309 e. The fraction of sp³-hybridized carbons (Fsp3) is 0.400. The lowest BCUT2D eigenvalue weighted by atomic mass is 10.1. The number of carbonyl (C=O) groups is 3. The number of rotatable bonds is 7. The molecule has 0 fully saturated rings. The zero-order chi connectivity index (χ0) is 15.8. The summed E-state index contributed by atoms with van der Waals surface area (Å²) in [5, 5.41) is 2.71. The van der Waals surface area contributed by atoms with Crippen LogP contribution >= 0.6 is 11.8 Å². The van der Waals surface area contributed by atoms with Gasteiger partial charge in [0, 0.05) is 11.3 Å². The van der Waals surface area contributed by atoms with Crippen LogP contribution < -0.4 is 5.32 Å². The minimum atomic E-state index is -0.287. The van der Waals surface area contributed by atoms with E-state index in [0.717, 1.165) is 0 Å². The van der Waals surface area contributed by atoms with Gasteiger partial charge in [-0.3, -0.25) is 14.4 Å². The van der Waals surface area contributed by atoms with Crippen LogP contribution in [0.2, 0.25) is 0 Å². The number of hydrogen-bond acceptors (Lipinski definition) is 5. The molecule has 0 bridgehead atoms. The third-order valence-corrected chi connectivity index (χ3v) is 3.99. The Kier molecular flexibility index (Phi) is 6.94. The first kappa shape index (κ1) is 17.2. The van der Waals surface area contributed by atoms with Crippen molar-refractivity contribution >= 4 is 35.1 Å². The van der Waals surface area contributed by atoms with Gasteiger partial charge in [-0.15, -0.1) is 0 Å². The number of benzene rings is 1. The molecule has 0 heterocycles. The Hall–Kier alpha value is -1.82. The molecule has 0 saturated carbocycles. The summed E-state index contributed by atoms with van der Waals surface area (Å²) < 4.78 is 4.62. The van der Waals surface area contributed by atoms with E-state index in [-0.39, 0.29) is 29.3 Å². The topological polar surface area (TPSA) is 72.5 Å². The molecule has 1 amide bonds. The van der Waals surface area contributed by atoms with E-state index >= 15 is 0 Å². The van der Waals surface area contributed by atoms with Crippen molar-refractivity contribution < 1.29 is 19.1 Å². The van der Waals surface area contributed by atoms with Crippen LogP contribution in [0.15, 0.2) is 24.3 Å². The fourth-order valence-corrected chi connectivity index (χ4v) is 2.55. The second-order valence-corrected chi connectivity index (χ2v) is 5.62. The van der Waals surface area contributed by atoms with Gasteiger partial charge in [0.1, 0.15) is 0 Å². The van der Waals surface area contributed by atoms with Gasteiger partial charge in [-0.05, 0) is 19.1 Å². The van der Waals surface area contributed by atoms with Crippen LogP contribution in [-0.2, 0) is 14.3 Å². The van der Waals surface area contributed by atoms with Gasteiger partial charge >= 0.3 is 5.97 Å². The third-order valence-electron chi connectivity index (χ3n) is 2.79. The first-order chi connectivity index (χ1) is 9.95. The lowest BCUT2D eigenvalue weighted by molar-refractivity contribution is -0.144. The van der Waals surface area contributed by atoms with E-state index in [0.29, 0.717) is 17.0 Å². The average Bonchev–Trinajstić information content (AvgIpc) is 2.46. The number of thioether (sulfide) groups is 1. The molecule has 1 unspecified atom stereocenters. The van der Waals surface area contributed by atoms with Crippen molar-refractivity contribution in [3.63, 3.8) is 0 Å². The van der Waals surface area contributed by atoms with E-state index in [1.165, 1.54) is 25.8 Å². The largest absolute Gasteiger partial charge is 0.469 e. The molecule has 1 rings (SSSR count). The van der Waals surface area contributed by atoms with Crippen LogP contribution in [0.3, 0.4) is 0 Å². The van der Waals surface area contributed by atoms with Crippen molar-refractivity contribution in [1.29, 1.82) is 0 Å². The molecule has 1 N–H and O–H groups in total. The summed E-state index contributed by atoms with van der Waals surface area (Å²) in [5.74, 6) is -0.118. The molecule has 0 aliphatic rings. The molecular formula is C15H19NO4S. The Morgan fingerprint density at radius 1 is 1.29 bits per heavy atom. The van der Waals surface area contributed by atoms with E-state index in [1.807, 2.05) is 0 Å². The van der Waals surface area contributed by atoms with Crippen LogP contribution in [0.25, 0.3) is 0 Å². The van der Waals surface area contributed by atoms with Crippen molar-refractivity contribution in [3.8, 4) is 0 Å². The minimum Gasteiger partial charge on any atom is -0.469 e. The SMILES string of the molecule is COC(=O)C(C)CSCC(=O)Nc1ccccc1C(C)=O. The molecule has 0 radical (unpaired) electrons. The maximum absolute atomic E-state index is 11.8. The molecule has 114 valence electrons. The number of amides is 1. The number of ether oxygens (including phenoxy) is 1. The highest BCUT2D eigenvalue weighted by Crippen LogP contribution is 2.16. The summed E-state index contributed by atoms with van der Waals surface area (Å²) in [5.41, 5.74) is 0.996. The predicted molar refractivity (Wildman–Crippen MR) is 83.6 cm³/mol. The number of ketones is 1. The number of esters is 1. The second-order valence-electron chi connectivity index (χ2n) is 4.59. The highest BCUT2D eigenvalue weighted by molar-refractivity contribution is 8.00.